The molecule has 1 rings (SSSR count). The lowest BCUT2D eigenvalue weighted by molar-refractivity contribution is -0.115. The zero-order valence-corrected chi connectivity index (χ0v) is 9.59. The zero-order valence-electron chi connectivity index (χ0n) is 9.59. The average Bonchev–Trinajstić information content (AvgIpc) is 2.29. The summed E-state index contributed by atoms with van der Waals surface area (Å²) in [5.41, 5.74) is -1.06. The lowest BCUT2D eigenvalue weighted by Gasteiger charge is -2.08. The van der Waals surface area contributed by atoms with Gasteiger partial charge in [0.2, 0.25) is 5.91 Å². The van der Waals surface area contributed by atoms with Crippen molar-refractivity contribution < 1.29 is 23.5 Å². The predicted molar refractivity (Wildman–Crippen MR) is 60.5 cm³/mol. The molecule has 98 valence electrons. The normalized spacial score (nSPS) is 10.2. The monoisotopic (exact) mass is 258 g/mol. The van der Waals surface area contributed by atoms with Crippen LogP contribution in [0, 0.1) is 11.6 Å². The molecule has 0 bridgehead atoms. The molecule has 18 heavy (non-hydrogen) atoms. The maximum absolute atomic E-state index is 13.3. The van der Waals surface area contributed by atoms with Crippen molar-refractivity contribution in [3.05, 3.63) is 29.3 Å². The smallest absolute Gasteiger partial charge is 0.338 e. The Kier molecular flexibility index (Phi) is 4.73. The van der Waals surface area contributed by atoms with E-state index in [1.54, 1.807) is 6.92 Å². The van der Waals surface area contributed by atoms with Crippen molar-refractivity contribution in [2.24, 2.45) is 0 Å². The van der Waals surface area contributed by atoms with Gasteiger partial charge in [0.25, 0.3) is 0 Å². The third kappa shape index (κ3) is 3.49. The Hall–Kier alpha value is -2.02. The number of halogens is 2. The molecular formula is C11H12F2N2O3. The van der Waals surface area contributed by atoms with Gasteiger partial charge in [-0.05, 0) is 12.6 Å². The summed E-state index contributed by atoms with van der Waals surface area (Å²) in [7, 11) is 0. The Balaban J connectivity index is 2.92. The molecule has 0 aliphatic rings. The van der Waals surface area contributed by atoms with Gasteiger partial charge >= 0.3 is 5.97 Å². The highest BCUT2D eigenvalue weighted by Crippen LogP contribution is 2.19. The van der Waals surface area contributed by atoms with E-state index in [9.17, 15) is 18.4 Å². The van der Waals surface area contributed by atoms with Gasteiger partial charge in [-0.1, -0.05) is 6.92 Å². The topological polar surface area (TPSA) is 78.4 Å². The van der Waals surface area contributed by atoms with Crippen LogP contribution in [0.15, 0.2) is 12.1 Å². The van der Waals surface area contributed by atoms with E-state index in [0.29, 0.717) is 12.6 Å². The first kappa shape index (κ1) is 14.0. The van der Waals surface area contributed by atoms with E-state index in [-0.39, 0.29) is 12.2 Å². The molecule has 0 fully saturated rings. The van der Waals surface area contributed by atoms with Crippen LogP contribution in [0.5, 0.6) is 0 Å². The number of hydrogen-bond donors (Lipinski definition) is 3. The molecule has 0 atom stereocenters. The minimum Gasteiger partial charge on any atom is -0.478 e. The summed E-state index contributed by atoms with van der Waals surface area (Å²) in [5, 5.41) is 13.5. The second kappa shape index (κ2) is 6.06. The number of amides is 1. The molecule has 1 aromatic rings. The van der Waals surface area contributed by atoms with Gasteiger partial charge < -0.3 is 15.7 Å². The van der Waals surface area contributed by atoms with Crippen molar-refractivity contribution in [2.45, 2.75) is 6.92 Å². The number of likely N-dealkylation sites (N-methyl/N-ethyl adjacent to an activating group) is 1. The van der Waals surface area contributed by atoms with E-state index in [1.807, 2.05) is 0 Å². The highest BCUT2D eigenvalue weighted by Gasteiger charge is 2.16. The van der Waals surface area contributed by atoms with Crippen molar-refractivity contribution in [3.63, 3.8) is 0 Å². The van der Waals surface area contributed by atoms with Crippen LogP contribution in [0.2, 0.25) is 0 Å². The van der Waals surface area contributed by atoms with E-state index in [1.165, 1.54) is 0 Å². The fourth-order valence-electron chi connectivity index (χ4n) is 1.24. The second-order valence-electron chi connectivity index (χ2n) is 3.45. The van der Waals surface area contributed by atoms with Gasteiger partial charge in [0.05, 0.1) is 17.8 Å². The molecule has 7 heteroatoms. The van der Waals surface area contributed by atoms with Gasteiger partial charge in [-0.25, -0.2) is 13.6 Å². The van der Waals surface area contributed by atoms with E-state index in [4.69, 9.17) is 5.11 Å². The molecule has 0 radical (unpaired) electrons. The number of carboxylic acids is 1. The Labute approximate surface area is 102 Å². The Morgan fingerprint density at radius 1 is 1.28 bits per heavy atom. The molecule has 0 unspecified atom stereocenters. The number of benzene rings is 1. The number of rotatable bonds is 5. The number of hydrogen-bond acceptors (Lipinski definition) is 3. The van der Waals surface area contributed by atoms with Crippen LogP contribution >= 0.6 is 0 Å². The average molecular weight is 258 g/mol. The van der Waals surface area contributed by atoms with Crippen molar-refractivity contribution in [2.75, 3.05) is 18.4 Å². The van der Waals surface area contributed by atoms with Crippen LogP contribution in [0.25, 0.3) is 0 Å². The van der Waals surface area contributed by atoms with Crippen LogP contribution in [0.1, 0.15) is 17.3 Å². The summed E-state index contributed by atoms with van der Waals surface area (Å²) in [6.45, 7) is 2.30. The van der Waals surface area contributed by atoms with Gasteiger partial charge in [0.15, 0.2) is 0 Å². The molecule has 0 aliphatic carbocycles. The zero-order chi connectivity index (χ0) is 13.7. The number of aromatic carboxylic acids is 1. The highest BCUT2D eigenvalue weighted by molar-refractivity contribution is 5.95. The summed E-state index contributed by atoms with van der Waals surface area (Å²) < 4.78 is 26.4. The first-order valence-electron chi connectivity index (χ1n) is 5.18. The lowest BCUT2D eigenvalue weighted by Crippen LogP contribution is -2.28. The number of carbonyl (C=O) groups excluding carboxylic acids is 1. The standard InChI is InChI=1S/C11H12F2N2O3/c1-2-14-5-10(16)15-9-3-6(11(17)18)7(12)4-8(9)13/h3-4,14H,2,5H2,1H3,(H,15,16)(H,17,18). The molecule has 0 saturated heterocycles. The Morgan fingerprint density at radius 2 is 1.94 bits per heavy atom. The van der Waals surface area contributed by atoms with Crippen LogP contribution in [-0.2, 0) is 4.79 Å². The fourth-order valence-corrected chi connectivity index (χ4v) is 1.24. The lowest BCUT2D eigenvalue weighted by atomic mass is 10.2. The molecule has 0 aromatic heterocycles. The first-order chi connectivity index (χ1) is 8.45. The van der Waals surface area contributed by atoms with Gasteiger partial charge in [-0.15, -0.1) is 0 Å². The van der Waals surface area contributed by atoms with Crippen LogP contribution in [0.3, 0.4) is 0 Å². The summed E-state index contributed by atoms with van der Waals surface area (Å²) in [6.07, 6.45) is 0. The van der Waals surface area contributed by atoms with Crippen LogP contribution in [0.4, 0.5) is 14.5 Å². The van der Waals surface area contributed by atoms with Crippen molar-refractivity contribution in [1.82, 2.24) is 5.32 Å². The van der Waals surface area contributed by atoms with E-state index < -0.39 is 29.1 Å². The molecule has 1 amide bonds. The minimum atomic E-state index is -1.53. The van der Waals surface area contributed by atoms with Gasteiger partial charge in [0, 0.05) is 6.07 Å². The number of carboxylic acid groups (broad SMARTS) is 1. The fraction of sp³-hybridized carbons (Fsp3) is 0.273. The van der Waals surface area contributed by atoms with E-state index in [0.717, 1.165) is 6.07 Å². The molecule has 0 saturated carbocycles. The number of anilines is 1. The van der Waals surface area contributed by atoms with Gasteiger partial charge in [-0.3, -0.25) is 4.79 Å². The van der Waals surface area contributed by atoms with Gasteiger partial charge in [-0.2, -0.15) is 0 Å². The molecule has 0 spiro atoms. The number of nitrogens with one attached hydrogen (secondary N) is 2. The van der Waals surface area contributed by atoms with Crippen molar-refractivity contribution >= 4 is 17.6 Å². The van der Waals surface area contributed by atoms with Gasteiger partial charge in [0.1, 0.15) is 11.6 Å². The van der Waals surface area contributed by atoms with E-state index >= 15 is 0 Å². The third-order valence-corrected chi connectivity index (χ3v) is 2.10. The molecule has 3 N–H and O–H groups in total. The molecule has 0 aliphatic heterocycles. The molecule has 5 nitrogen and oxygen atoms in total. The Bertz CT molecular complexity index is 478. The highest BCUT2D eigenvalue weighted by atomic mass is 19.1. The van der Waals surface area contributed by atoms with E-state index in [2.05, 4.69) is 10.6 Å². The van der Waals surface area contributed by atoms with Crippen LogP contribution in [-0.4, -0.2) is 30.1 Å². The van der Waals surface area contributed by atoms with Crippen molar-refractivity contribution in [1.29, 1.82) is 0 Å². The SMILES string of the molecule is CCNCC(=O)Nc1cc(C(=O)O)c(F)cc1F. The minimum absolute atomic E-state index is 0.0459. The van der Waals surface area contributed by atoms with Crippen molar-refractivity contribution in [3.8, 4) is 0 Å². The summed E-state index contributed by atoms with van der Waals surface area (Å²) in [4.78, 5) is 22.0. The molecule has 0 heterocycles. The maximum Gasteiger partial charge on any atom is 0.338 e. The largest absolute Gasteiger partial charge is 0.478 e. The second-order valence-corrected chi connectivity index (χ2v) is 3.45. The maximum atomic E-state index is 13.3. The number of carbonyl (C=O) groups is 2. The van der Waals surface area contributed by atoms with Crippen LogP contribution < -0.4 is 10.6 Å². The summed E-state index contributed by atoms with van der Waals surface area (Å²) >= 11 is 0. The first-order valence-corrected chi connectivity index (χ1v) is 5.18. The third-order valence-electron chi connectivity index (χ3n) is 2.10. The summed E-state index contributed by atoms with van der Waals surface area (Å²) in [5.74, 6) is -4.29. The Morgan fingerprint density at radius 3 is 2.50 bits per heavy atom. The quantitative estimate of drug-likeness (QED) is 0.741. The molecule has 1 aromatic carbocycles. The summed E-state index contributed by atoms with van der Waals surface area (Å²) in [6, 6.07) is 1.17. The predicted octanol–water partition coefficient (Wildman–Crippen LogP) is 1.21. The molecular weight excluding hydrogens is 246 g/mol.